The van der Waals surface area contributed by atoms with Crippen molar-refractivity contribution < 1.29 is 0 Å². The fraction of sp³-hybridized carbons (Fsp3) is 0.286. The second-order valence-electron chi connectivity index (χ2n) is 4.35. The van der Waals surface area contributed by atoms with E-state index in [1.807, 2.05) is 18.2 Å². The minimum atomic E-state index is 0.656. The highest BCUT2D eigenvalue weighted by Gasteiger charge is 2.16. The molecule has 3 nitrogen and oxygen atoms in total. The molecule has 17 heavy (non-hydrogen) atoms. The fourth-order valence-electron chi connectivity index (χ4n) is 2.45. The molecule has 0 atom stereocenters. The average Bonchev–Trinajstić information content (AvgIpc) is 2.91. The van der Waals surface area contributed by atoms with Crippen LogP contribution in [0.3, 0.4) is 0 Å². The van der Waals surface area contributed by atoms with E-state index in [4.69, 9.17) is 5.26 Å². The number of hydrogen-bond acceptors (Lipinski definition) is 3. The minimum absolute atomic E-state index is 0.656. The second kappa shape index (κ2) is 4.06. The van der Waals surface area contributed by atoms with Gasteiger partial charge < -0.3 is 4.90 Å². The number of rotatable bonds is 1. The number of fused-ring (bicyclic) bond motifs is 1. The maximum atomic E-state index is 9.09. The van der Waals surface area contributed by atoms with Gasteiger partial charge >= 0.3 is 0 Å². The molecule has 0 spiro atoms. The summed E-state index contributed by atoms with van der Waals surface area (Å²) in [6.07, 6.45) is 4.15. The smallest absolute Gasteiger partial charge is 0.136 e. The summed E-state index contributed by atoms with van der Waals surface area (Å²) in [5.74, 6) is 1.03. The third-order valence-corrected chi connectivity index (χ3v) is 3.30. The van der Waals surface area contributed by atoms with Crippen LogP contribution in [0.1, 0.15) is 18.4 Å². The Bertz CT molecular complexity index is 592. The number of hydrogen-bond donors (Lipinski definition) is 0. The highest BCUT2D eigenvalue weighted by Crippen LogP contribution is 2.28. The van der Waals surface area contributed by atoms with E-state index in [-0.39, 0.29) is 0 Å². The third-order valence-electron chi connectivity index (χ3n) is 3.30. The fourth-order valence-corrected chi connectivity index (χ4v) is 2.45. The zero-order valence-electron chi connectivity index (χ0n) is 9.56. The summed E-state index contributed by atoms with van der Waals surface area (Å²) in [6, 6.07) is 10.2. The van der Waals surface area contributed by atoms with E-state index in [9.17, 15) is 0 Å². The van der Waals surface area contributed by atoms with Gasteiger partial charge in [0, 0.05) is 30.1 Å². The van der Waals surface area contributed by atoms with Crippen LogP contribution in [0.4, 0.5) is 5.82 Å². The van der Waals surface area contributed by atoms with Crippen molar-refractivity contribution in [3.05, 3.63) is 36.0 Å². The molecular formula is C14H13N3. The first-order valence-electron chi connectivity index (χ1n) is 5.93. The lowest BCUT2D eigenvalue weighted by atomic mass is 10.1. The molecule has 1 aromatic carbocycles. The van der Waals surface area contributed by atoms with Crippen molar-refractivity contribution in [2.24, 2.45) is 0 Å². The molecule has 2 aromatic rings. The number of benzene rings is 1. The van der Waals surface area contributed by atoms with Crippen LogP contribution in [-0.2, 0) is 0 Å². The Balaban J connectivity index is 2.23. The van der Waals surface area contributed by atoms with Crippen LogP contribution in [-0.4, -0.2) is 18.1 Å². The van der Waals surface area contributed by atoms with Crippen molar-refractivity contribution in [3.8, 4) is 6.07 Å². The van der Waals surface area contributed by atoms with Gasteiger partial charge in [-0.3, -0.25) is 0 Å². The van der Waals surface area contributed by atoms with Gasteiger partial charge in [0.1, 0.15) is 11.9 Å². The third kappa shape index (κ3) is 1.62. The quantitative estimate of drug-likeness (QED) is 0.746. The van der Waals surface area contributed by atoms with Crippen LogP contribution in [0.2, 0.25) is 0 Å². The summed E-state index contributed by atoms with van der Waals surface area (Å²) in [5, 5.41) is 11.2. The van der Waals surface area contributed by atoms with Crippen molar-refractivity contribution in [1.82, 2.24) is 4.98 Å². The number of aromatic nitrogens is 1. The van der Waals surface area contributed by atoms with Crippen LogP contribution in [0.15, 0.2) is 30.5 Å². The van der Waals surface area contributed by atoms with E-state index >= 15 is 0 Å². The molecule has 0 unspecified atom stereocenters. The molecule has 0 aliphatic carbocycles. The van der Waals surface area contributed by atoms with Gasteiger partial charge in [-0.2, -0.15) is 5.26 Å². The summed E-state index contributed by atoms with van der Waals surface area (Å²) in [7, 11) is 0. The van der Waals surface area contributed by atoms with Crippen molar-refractivity contribution in [2.45, 2.75) is 12.8 Å². The minimum Gasteiger partial charge on any atom is -0.356 e. The molecule has 1 aliphatic rings. The molecule has 0 amide bonds. The number of anilines is 1. The highest BCUT2D eigenvalue weighted by molar-refractivity contribution is 5.95. The molecular weight excluding hydrogens is 210 g/mol. The van der Waals surface area contributed by atoms with Gasteiger partial charge in [0.25, 0.3) is 0 Å². The lowest BCUT2D eigenvalue weighted by molar-refractivity contribution is 0.945. The Labute approximate surface area is 100 Å². The van der Waals surface area contributed by atoms with E-state index in [0.29, 0.717) is 5.56 Å². The molecule has 3 heteroatoms. The lowest BCUT2D eigenvalue weighted by Crippen LogP contribution is -2.19. The lowest BCUT2D eigenvalue weighted by Gasteiger charge is -2.18. The van der Waals surface area contributed by atoms with Crippen molar-refractivity contribution >= 4 is 16.6 Å². The molecule has 2 heterocycles. The van der Waals surface area contributed by atoms with Gasteiger partial charge in [0.2, 0.25) is 0 Å². The molecule has 0 radical (unpaired) electrons. The Hall–Kier alpha value is -2.08. The molecule has 0 bridgehead atoms. The first-order valence-corrected chi connectivity index (χ1v) is 5.93. The molecule has 1 aliphatic heterocycles. The number of nitriles is 1. The Kier molecular flexibility index (Phi) is 2.41. The Morgan fingerprint density at radius 1 is 1.12 bits per heavy atom. The van der Waals surface area contributed by atoms with Gasteiger partial charge in [-0.15, -0.1) is 0 Å². The molecule has 1 fully saturated rings. The van der Waals surface area contributed by atoms with Crippen molar-refractivity contribution in [3.63, 3.8) is 0 Å². The topological polar surface area (TPSA) is 39.9 Å². The van der Waals surface area contributed by atoms with Crippen LogP contribution in [0.5, 0.6) is 0 Å². The maximum Gasteiger partial charge on any atom is 0.136 e. The molecule has 1 saturated heterocycles. The van der Waals surface area contributed by atoms with Crippen LogP contribution < -0.4 is 4.90 Å². The average molecular weight is 223 g/mol. The van der Waals surface area contributed by atoms with Gasteiger partial charge in [-0.05, 0) is 12.8 Å². The van der Waals surface area contributed by atoms with E-state index in [1.165, 1.54) is 12.8 Å². The zero-order valence-corrected chi connectivity index (χ0v) is 9.56. The second-order valence-corrected chi connectivity index (χ2v) is 4.35. The van der Waals surface area contributed by atoms with Gasteiger partial charge in [0.15, 0.2) is 0 Å². The van der Waals surface area contributed by atoms with Crippen LogP contribution in [0.25, 0.3) is 10.8 Å². The first-order chi connectivity index (χ1) is 8.40. The summed E-state index contributed by atoms with van der Waals surface area (Å²) < 4.78 is 0. The van der Waals surface area contributed by atoms with Crippen molar-refractivity contribution in [2.75, 3.05) is 18.0 Å². The van der Waals surface area contributed by atoms with E-state index < -0.39 is 0 Å². The van der Waals surface area contributed by atoms with E-state index in [1.54, 1.807) is 6.20 Å². The van der Waals surface area contributed by atoms with Gasteiger partial charge in [-0.1, -0.05) is 24.3 Å². The summed E-state index contributed by atoms with van der Waals surface area (Å²) in [5.41, 5.74) is 0.656. The SMILES string of the molecule is N#Cc1cnc(N2CCCC2)c2ccccc12. The molecule has 1 aromatic heterocycles. The maximum absolute atomic E-state index is 9.09. The summed E-state index contributed by atoms with van der Waals surface area (Å²) in [6.45, 7) is 2.14. The van der Waals surface area contributed by atoms with Crippen LogP contribution in [0, 0.1) is 11.3 Å². The van der Waals surface area contributed by atoms with Crippen LogP contribution >= 0.6 is 0 Å². The van der Waals surface area contributed by atoms with Crippen molar-refractivity contribution in [1.29, 1.82) is 5.26 Å². The van der Waals surface area contributed by atoms with Gasteiger partial charge in [0.05, 0.1) is 5.56 Å². The molecule has 84 valence electrons. The molecule has 0 N–H and O–H groups in total. The Morgan fingerprint density at radius 2 is 1.82 bits per heavy atom. The predicted molar refractivity (Wildman–Crippen MR) is 67.9 cm³/mol. The summed E-state index contributed by atoms with van der Waals surface area (Å²) in [4.78, 5) is 6.77. The molecule has 0 saturated carbocycles. The zero-order chi connectivity index (χ0) is 11.7. The monoisotopic (exact) mass is 223 g/mol. The molecule has 3 rings (SSSR count). The Morgan fingerprint density at radius 3 is 2.53 bits per heavy atom. The normalized spacial score (nSPS) is 15.1. The predicted octanol–water partition coefficient (Wildman–Crippen LogP) is 2.71. The highest BCUT2D eigenvalue weighted by atomic mass is 15.2. The number of nitrogens with zero attached hydrogens (tertiary/aromatic N) is 3. The summed E-state index contributed by atoms with van der Waals surface area (Å²) >= 11 is 0. The first kappa shape index (κ1) is 10.1. The number of pyridine rings is 1. The van der Waals surface area contributed by atoms with E-state index in [0.717, 1.165) is 29.7 Å². The largest absolute Gasteiger partial charge is 0.356 e. The van der Waals surface area contributed by atoms with Gasteiger partial charge in [-0.25, -0.2) is 4.98 Å². The van der Waals surface area contributed by atoms with E-state index in [2.05, 4.69) is 22.0 Å². The standard InChI is InChI=1S/C14H13N3/c15-9-11-10-16-14(17-7-3-4-8-17)13-6-2-1-5-12(11)13/h1-2,5-6,10H,3-4,7-8H2.